The Bertz CT molecular complexity index is 1520. The monoisotopic (exact) mass is 535 g/mol. The predicted molar refractivity (Wildman–Crippen MR) is 150 cm³/mol. The number of aliphatic hydroxyl groups excluding tert-OH is 1. The van der Waals surface area contributed by atoms with Crippen molar-refractivity contribution in [3.63, 3.8) is 0 Å². The highest BCUT2D eigenvalue weighted by atomic mass is 35.5. The van der Waals surface area contributed by atoms with Gasteiger partial charge >= 0.3 is 0 Å². The molecule has 0 radical (unpaired) electrons. The van der Waals surface area contributed by atoms with Gasteiger partial charge in [0.05, 0.1) is 29.4 Å². The summed E-state index contributed by atoms with van der Waals surface area (Å²) < 4.78 is 0. The number of amides is 1. The molecule has 0 saturated carbocycles. The minimum absolute atomic E-state index is 0.182. The number of halogens is 1. The summed E-state index contributed by atoms with van der Waals surface area (Å²) in [5.41, 5.74) is 10.3. The van der Waals surface area contributed by atoms with Gasteiger partial charge in [0.25, 0.3) is 5.56 Å². The number of nitrogens with zero attached hydrogens (tertiary/aromatic N) is 3. The van der Waals surface area contributed by atoms with Gasteiger partial charge in [0.1, 0.15) is 11.4 Å². The molecule has 0 spiro atoms. The Morgan fingerprint density at radius 2 is 2.00 bits per heavy atom. The van der Waals surface area contributed by atoms with E-state index < -0.39 is 6.10 Å². The van der Waals surface area contributed by atoms with E-state index >= 15 is 0 Å². The van der Waals surface area contributed by atoms with Crippen LogP contribution in [0.25, 0.3) is 22.4 Å². The summed E-state index contributed by atoms with van der Waals surface area (Å²) in [6.45, 7) is 5.51. The van der Waals surface area contributed by atoms with E-state index in [1.54, 1.807) is 36.5 Å². The van der Waals surface area contributed by atoms with E-state index in [2.05, 4.69) is 31.2 Å². The fourth-order valence-electron chi connectivity index (χ4n) is 4.86. The van der Waals surface area contributed by atoms with E-state index in [0.29, 0.717) is 27.7 Å². The van der Waals surface area contributed by atoms with Gasteiger partial charge in [-0.2, -0.15) is 0 Å². The molecule has 1 saturated heterocycles. The maximum Gasteiger partial charge on any atom is 0.261 e. The zero-order valence-corrected chi connectivity index (χ0v) is 21.8. The smallest absolute Gasteiger partial charge is 0.261 e. The molecule has 2 aromatic carbocycles. The number of aryl methyl sites for hydroxylation is 1. The second-order valence-electron chi connectivity index (χ2n) is 9.52. The van der Waals surface area contributed by atoms with Gasteiger partial charge < -0.3 is 31.0 Å². The van der Waals surface area contributed by atoms with Crippen LogP contribution >= 0.6 is 11.6 Å². The van der Waals surface area contributed by atoms with E-state index in [-0.39, 0.29) is 24.6 Å². The molecule has 0 bridgehead atoms. The average Bonchev–Trinajstić information content (AvgIpc) is 3.31. The van der Waals surface area contributed by atoms with Gasteiger partial charge in [-0.05, 0) is 48.4 Å². The minimum atomic E-state index is -0.815. The van der Waals surface area contributed by atoms with Crippen LogP contribution in [-0.2, 0) is 4.79 Å². The van der Waals surface area contributed by atoms with E-state index in [1.807, 2.05) is 13.0 Å². The Hall–Kier alpha value is -3.86. The van der Waals surface area contributed by atoms with Crippen LogP contribution in [0.1, 0.15) is 17.2 Å². The molecule has 38 heavy (non-hydrogen) atoms. The van der Waals surface area contributed by atoms with Gasteiger partial charge in [0.2, 0.25) is 5.91 Å². The maximum atomic E-state index is 12.9. The zero-order chi connectivity index (χ0) is 26.8. The maximum absolute atomic E-state index is 12.9. The summed E-state index contributed by atoms with van der Waals surface area (Å²) in [5.74, 6) is 0.123. The Morgan fingerprint density at radius 1 is 1.21 bits per heavy atom. The molecule has 5 rings (SSSR count). The number of nitrogens with two attached hydrogens (primary N) is 1. The van der Waals surface area contributed by atoms with E-state index in [4.69, 9.17) is 22.3 Å². The number of rotatable bonds is 8. The Labute approximate surface area is 224 Å². The van der Waals surface area contributed by atoms with Crippen LogP contribution in [0.4, 0.5) is 11.4 Å². The molecule has 0 aliphatic carbocycles. The average molecular weight is 536 g/mol. The van der Waals surface area contributed by atoms with Crippen molar-refractivity contribution in [1.82, 2.24) is 19.9 Å². The second-order valence-corrected chi connectivity index (χ2v) is 9.96. The number of aromatic nitrogens is 3. The molecule has 1 atom stereocenters. The summed E-state index contributed by atoms with van der Waals surface area (Å²) in [6, 6.07) is 12.9. The lowest BCUT2D eigenvalue weighted by molar-refractivity contribution is -0.119. The van der Waals surface area contributed by atoms with Crippen LogP contribution in [0.2, 0.25) is 5.02 Å². The molecular weight excluding hydrogens is 506 g/mol. The molecule has 4 aromatic rings. The molecule has 10 nitrogen and oxygen atoms in total. The number of carbonyl (C=O) groups is 1. The van der Waals surface area contributed by atoms with Crippen molar-refractivity contribution in [2.45, 2.75) is 13.0 Å². The molecule has 6 N–H and O–H groups in total. The normalized spacial score (nSPS) is 15.1. The van der Waals surface area contributed by atoms with Crippen molar-refractivity contribution in [3.8, 4) is 11.4 Å². The van der Waals surface area contributed by atoms with Crippen molar-refractivity contribution in [3.05, 3.63) is 75.2 Å². The third kappa shape index (κ3) is 5.52. The molecule has 198 valence electrons. The lowest BCUT2D eigenvalue weighted by Gasteiger charge is -2.35. The number of primary amides is 1. The standard InChI is InChI=1S/C27H30ClN7O3/c1-16-11-19(35-9-7-34(8-10-35)15-23(29)37)13-21-25(16)33-26(32-21)24-20(5-6-30-27(24)38)31-14-22(36)17-3-2-4-18(28)12-17/h2-6,11-13,22,36H,7-10,14-15H2,1H3,(H2,29,37)(H,32,33)(H2,30,31,38)/t22-/m1/s1. The highest BCUT2D eigenvalue weighted by Crippen LogP contribution is 2.30. The number of H-pyrrole nitrogens is 2. The minimum Gasteiger partial charge on any atom is -0.387 e. The van der Waals surface area contributed by atoms with Crippen molar-refractivity contribution in [1.29, 1.82) is 0 Å². The second kappa shape index (κ2) is 10.9. The van der Waals surface area contributed by atoms with E-state index in [1.165, 1.54) is 0 Å². The van der Waals surface area contributed by atoms with Crippen LogP contribution < -0.4 is 21.5 Å². The fourth-order valence-corrected chi connectivity index (χ4v) is 5.06. The number of imidazole rings is 1. The number of fused-ring (bicyclic) bond motifs is 1. The van der Waals surface area contributed by atoms with Gasteiger partial charge in [-0.15, -0.1) is 0 Å². The third-order valence-corrected chi connectivity index (χ3v) is 7.03. The van der Waals surface area contributed by atoms with Crippen molar-refractivity contribution >= 4 is 39.9 Å². The summed E-state index contributed by atoms with van der Waals surface area (Å²) in [7, 11) is 0. The largest absolute Gasteiger partial charge is 0.387 e. The summed E-state index contributed by atoms with van der Waals surface area (Å²) in [5, 5.41) is 14.4. The molecule has 2 aromatic heterocycles. The first-order valence-corrected chi connectivity index (χ1v) is 12.8. The lowest BCUT2D eigenvalue weighted by Crippen LogP contribution is -2.48. The number of hydrogen-bond acceptors (Lipinski definition) is 7. The van der Waals surface area contributed by atoms with Crippen molar-refractivity contribution in [2.75, 3.05) is 49.5 Å². The van der Waals surface area contributed by atoms with Crippen LogP contribution in [0.15, 0.2) is 53.5 Å². The highest BCUT2D eigenvalue weighted by molar-refractivity contribution is 6.30. The Morgan fingerprint density at radius 3 is 2.74 bits per heavy atom. The molecule has 1 fully saturated rings. The van der Waals surface area contributed by atoms with Crippen molar-refractivity contribution in [2.24, 2.45) is 5.73 Å². The Kier molecular flexibility index (Phi) is 7.37. The molecule has 1 amide bonds. The van der Waals surface area contributed by atoms with Crippen LogP contribution in [0.5, 0.6) is 0 Å². The van der Waals surface area contributed by atoms with Gasteiger partial charge in [0, 0.05) is 49.6 Å². The van der Waals surface area contributed by atoms with E-state index in [9.17, 15) is 14.7 Å². The topological polar surface area (TPSA) is 143 Å². The number of hydrogen-bond donors (Lipinski definition) is 5. The number of benzene rings is 2. The van der Waals surface area contributed by atoms with Crippen LogP contribution in [-0.4, -0.2) is 70.1 Å². The van der Waals surface area contributed by atoms with Crippen LogP contribution in [0, 0.1) is 6.92 Å². The number of aromatic amines is 2. The van der Waals surface area contributed by atoms with Crippen molar-refractivity contribution < 1.29 is 9.90 Å². The summed E-state index contributed by atoms with van der Waals surface area (Å²) in [4.78, 5) is 39.3. The molecule has 1 aliphatic heterocycles. The summed E-state index contributed by atoms with van der Waals surface area (Å²) in [6.07, 6.45) is 0.744. The van der Waals surface area contributed by atoms with Crippen LogP contribution in [0.3, 0.4) is 0 Å². The van der Waals surface area contributed by atoms with Gasteiger partial charge in [-0.1, -0.05) is 23.7 Å². The molecule has 3 heterocycles. The zero-order valence-electron chi connectivity index (χ0n) is 21.0. The third-order valence-electron chi connectivity index (χ3n) is 6.80. The number of aliphatic hydroxyl groups is 1. The SMILES string of the molecule is Cc1cc(N2CCN(CC(N)=O)CC2)cc2[nH]c(-c3c(NC[C@@H](O)c4cccc(Cl)c4)cc[nH]c3=O)nc12. The lowest BCUT2D eigenvalue weighted by atomic mass is 10.1. The molecule has 1 aliphatic rings. The summed E-state index contributed by atoms with van der Waals surface area (Å²) >= 11 is 6.06. The molecule has 11 heteroatoms. The fraction of sp³-hybridized carbons (Fsp3) is 0.296. The predicted octanol–water partition coefficient (Wildman–Crippen LogP) is 2.63. The van der Waals surface area contributed by atoms with E-state index in [0.717, 1.165) is 48.5 Å². The Balaban J connectivity index is 1.39. The quantitative estimate of drug-likeness (QED) is 0.233. The molecular formula is C27H30ClN7O3. The van der Waals surface area contributed by atoms with Gasteiger partial charge in [0.15, 0.2) is 0 Å². The first-order valence-electron chi connectivity index (χ1n) is 12.4. The number of piperazine rings is 1. The number of carbonyl (C=O) groups excluding carboxylic acids is 1. The number of anilines is 2. The molecule has 0 unspecified atom stereocenters. The van der Waals surface area contributed by atoms with Gasteiger partial charge in [-0.3, -0.25) is 14.5 Å². The highest BCUT2D eigenvalue weighted by Gasteiger charge is 2.21. The van der Waals surface area contributed by atoms with Gasteiger partial charge in [-0.25, -0.2) is 4.98 Å². The first kappa shape index (κ1) is 25.8. The number of pyridine rings is 1. The first-order chi connectivity index (χ1) is 18.3. The number of nitrogens with one attached hydrogen (secondary N) is 3.